The molecular formula is C20H26N2O3S. The van der Waals surface area contributed by atoms with E-state index in [-0.39, 0.29) is 22.9 Å². The third-order valence-electron chi connectivity index (χ3n) is 3.86. The lowest BCUT2D eigenvalue weighted by atomic mass is 10.1. The largest absolute Gasteiger partial charge is 0.332 e. The maximum Gasteiger partial charge on any atom is 0.254 e. The van der Waals surface area contributed by atoms with E-state index in [2.05, 4.69) is 4.72 Å². The van der Waals surface area contributed by atoms with E-state index in [1.165, 1.54) is 12.1 Å². The molecule has 2 aromatic carbocycles. The summed E-state index contributed by atoms with van der Waals surface area (Å²) >= 11 is 0. The molecule has 26 heavy (non-hydrogen) atoms. The first-order chi connectivity index (χ1) is 12.2. The lowest BCUT2D eigenvalue weighted by Gasteiger charge is -2.27. The van der Waals surface area contributed by atoms with Gasteiger partial charge in [0.05, 0.1) is 4.90 Å². The third-order valence-corrected chi connectivity index (χ3v) is 5.52. The Morgan fingerprint density at radius 2 is 1.65 bits per heavy atom. The predicted octanol–water partition coefficient (Wildman–Crippen LogP) is 3.42. The van der Waals surface area contributed by atoms with Crippen molar-refractivity contribution in [2.75, 3.05) is 0 Å². The first-order valence-electron chi connectivity index (χ1n) is 8.68. The van der Waals surface area contributed by atoms with Crippen molar-refractivity contribution < 1.29 is 13.2 Å². The maximum atomic E-state index is 13.0. The van der Waals surface area contributed by atoms with Gasteiger partial charge in [0.2, 0.25) is 10.0 Å². The molecule has 0 atom stereocenters. The van der Waals surface area contributed by atoms with Gasteiger partial charge in [0.25, 0.3) is 5.91 Å². The predicted molar refractivity (Wildman–Crippen MR) is 103 cm³/mol. The zero-order valence-electron chi connectivity index (χ0n) is 15.6. The monoisotopic (exact) mass is 374 g/mol. The highest BCUT2D eigenvalue weighted by atomic mass is 32.2. The molecule has 0 radical (unpaired) electrons. The number of amides is 1. The fourth-order valence-corrected chi connectivity index (χ4v) is 3.91. The molecule has 0 aliphatic heterocycles. The fourth-order valence-electron chi connectivity index (χ4n) is 2.61. The second-order valence-corrected chi connectivity index (χ2v) is 8.53. The summed E-state index contributed by atoms with van der Waals surface area (Å²) in [6.45, 7) is 7.88. The first kappa shape index (κ1) is 20.1. The summed E-state index contributed by atoms with van der Waals surface area (Å²) in [7, 11) is -3.64. The van der Waals surface area contributed by atoms with Gasteiger partial charge in [-0.2, -0.15) is 0 Å². The lowest BCUT2D eigenvalue weighted by Crippen LogP contribution is -2.36. The molecule has 140 valence electrons. The van der Waals surface area contributed by atoms with Crippen molar-refractivity contribution in [1.29, 1.82) is 0 Å². The number of carbonyl (C=O) groups excluding carboxylic acids is 1. The SMILES string of the molecule is CC(C)NS(=O)(=O)c1cccc(C(=O)N(Cc2ccccc2)C(C)C)c1. The highest BCUT2D eigenvalue weighted by molar-refractivity contribution is 7.89. The molecular weight excluding hydrogens is 348 g/mol. The van der Waals surface area contributed by atoms with Crippen LogP contribution in [0.3, 0.4) is 0 Å². The molecule has 0 spiro atoms. The van der Waals surface area contributed by atoms with E-state index in [1.54, 1.807) is 30.9 Å². The second kappa shape index (κ2) is 8.47. The number of carbonyl (C=O) groups is 1. The Hall–Kier alpha value is -2.18. The number of rotatable bonds is 7. The zero-order chi connectivity index (χ0) is 19.3. The molecule has 0 aliphatic rings. The lowest BCUT2D eigenvalue weighted by molar-refractivity contribution is 0.0690. The van der Waals surface area contributed by atoms with Crippen molar-refractivity contribution in [2.24, 2.45) is 0 Å². The summed E-state index contributed by atoms with van der Waals surface area (Å²) in [6, 6.07) is 15.7. The Morgan fingerprint density at radius 3 is 2.23 bits per heavy atom. The van der Waals surface area contributed by atoms with Crippen LogP contribution in [0.15, 0.2) is 59.5 Å². The summed E-state index contributed by atoms with van der Waals surface area (Å²) in [5.74, 6) is -0.189. The van der Waals surface area contributed by atoms with Crippen LogP contribution in [-0.4, -0.2) is 31.3 Å². The molecule has 2 aromatic rings. The van der Waals surface area contributed by atoms with Gasteiger partial charge in [-0.05, 0) is 51.5 Å². The summed E-state index contributed by atoms with van der Waals surface area (Å²) < 4.78 is 27.3. The van der Waals surface area contributed by atoms with Gasteiger partial charge >= 0.3 is 0 Å². The van der Waals surface area contributed by atoms with Gasteiger partial charge in [-0.15, -0.1) is 0 Å². The van der Waals surface area contributed by atoms with Gasteiger partial charge < -0.3 is 4.90 Å². The standard InChI is InChI=1S/C20H26N2O3S/c1-15(2)21-26(24,25)19-12-8-11-18(13-19)20(23)22(16(3)4)14-17-9-6-5-7-10-17/h5-13,15-16,21H,14H2,1-4H3. The van der Waals surface area contributed by atoms with Crippen LogP contribution in [-0.2, 0) is 16.6 Å². The van der Waals surface area contributed by atoms with Gasteiger partial charge in [-0.1, -0.05) is 36.4 Å². The molecule has 0 heterocycles. The Balaban J connectivity index is 2.31. The third kappa shape index (κ3) is 5.16. The smallest absolute Gasteiger partial charge is 0.254 e. The first-order valence-corrected chi connectivity index (χ1v) is 10.2. The minimum absolute atomic E-state index is 0.0169. The summed E-state index contributed by atoms with van der Waals surface area (Å²) in [5, 5.41) is 0. The van der Waals surface area contributed by atoms with Crippen LogP contribution in [0.25, 0.3) is 0 Å². The minimum Gasteiger partial charge on any atom is -0.332 e. The van der Waals surface area contributed by atoms with Crippen LogP contribution in [0.4, 0.5) is 0 Å². The molecule has 0 saturated heterocycles. The van der Waals surface area contributed by atoms with Crippen molar-refractivity contribution >= 4 is 15.9 Å². The number of hydrogen-bond acceptors (Lipinski definition) is 3. The van der Waals surface area contributed by atoms with Crippen molar-refractivity contribution in [1.82, 2.24) is 9.62 Å². The molecule has 0 bridgehead atoms. The van der Waals surface area contributed by atoms with E-state index < -0.39 is 10.0 Å². The van der Waals surface area contributed by atoms with E-state index >= 15 is 0 Å². The Kier molecular flexibility index (Phi) is 6.56. The molecule has 0 fully saturated rings. The molecule has 0 unspecified atom stereocenters. The topological polar surface area (TPSA) is 66.5 Å². The quantitative estimate of drug-likeness (QED) is 0.807. The van der Waals surface area contributed by atoms with Crippen LogP contribution < -0.4 is 4.72 Å². The van der Waals surface area contributed by atoms with Crippen molar-refractivity contribution in [3.05, 3.63) is 65.7 Å². The highest BCUT2D eigenvalue weighted by Crippen LogP contribution is 2.17. The number of benzene rings is 2. The Bertz CT molecular complexity index is 846. The highest BCUT2D eigenvalue weighted by Gasteiger charge is 2.22. The van der Waals surface area contributed by atoms with Gasteiger partial charge in [-0.25, -0.2) is 13.1 Å². The van der Waals surface area contributed by atoms with Crippen LogP contribution in [0, 0.1) is 0 Å². The van der Waals surface area contributed by atoms with E-state index in [9.17, 15) is 13.2 Å². The average molecular weight is 375 g/mol. The Labute approximate surface area is 156 Å². The molecule has 0 aliphatic carbocycles. The molecule has 1 amide bonds. The van der Waals surface area contributed by atoms with E-state index in [0.717, 1.165) is 5.56 Å². The number of sulfonamides is 1. The number of hydrogen-bond donors (Lipinski definition) is 1. The molecule has 1 N–H and O–H groups in total. The minimum atomic E-state index is -3.64. The van der Waals surface area contributed by atoms with E-state index in [0.29, 0.717) is 12.1 Å². The average Bonchev–Trinajstić information content (AvgIpc) is 2.59. The van der Waals surface area contributed by atoms with Crippen molar-refractivity contribution in [3.8, 4) is 0 Å². The molecule has 6 heteroatoms. The normalized spacial score (nSPS) is 11.8. The van der Waals surface area contributed by atoms with Gasteiger partial charge in [-0.3, -0.25) is 4.79 Å². The van der Waals surface area contributed by atoms with E-state index in [1.807, 2.05) is 44.2 Å². The molecule has 5 nitrogen and oxygen atoms in total. The van der Waals surface area contributed by atoms with Gasteiger partial charge in [0.1, 0.15) is 0 Å². The van der Waals surface area contributed by atoms with Crippen molar-refractivity contribution in [3.63, 3.8) is 0 Å². The summed E-state index contributed by atoms with van der Waals surface area (Å²) in [5.41, 5.74) is 1.39. The second-order valence-electron chi connectivity index (χ2n) is 6.82. The number of nitrogens with zero attached hydrogens (tertiary/aromatic N) is 1. The Morgan fingerprint density at radius 1 is 1.00 bits per heavy atom. The van der Waals surface area contributed by atoms with E-state index in [4.69, 9.17) is 0 Å². The van der Waals surface area contributed by atoms with Crippen molar-refractivity contribution in [2.45, 2.75) is 51.2 Å². The molecule has 0 aromatic heterocycles. The maximum absolute atomic E-state index is 13.0. The van der Waals surface area contributed by atoms with Crippen LogP contribution in [0.5, 0.6) is 0 Å². The van der Waals surface area contributed by atoms with Gasteiger partial charge in [0, 0.05) is 24.2 Å². The van der Waals surface area contributed by atoms with Crippen LogP contribution >= 0.6 is 0 Å². The van der Waals surface area contributed by atoms with Crippen LogP contribution in [0.1, 0.15) is 43.6 Å². The summed E-state index contributed by atoms with van der Waals surface area (Å²) in [4.78, 5) is 14.8. The zero-order valence-corrected chi connectivity index (χ0v) is 16.5. The summed E-state index contributed by atoms with van der Waals surface area (Å²) in [6.07, 6.45) is 0. The van der Waals surface area contributed by atoms with Crippen LogP contribution in [0.2, 0.25) is 0 Å². The van der Waals surface area contributed by atoms with Gasteiger partial charge in [0.15, 0.2) is 0 Å². The molecule has 0 saturated carbocycles. The fraction of sp³-hybridized carbons (Fsp3) is 0.350. The molecule has 2 rings (SSSR count). The number of nitrogens with one attached hydrogen (secondary N) is 1.